The minimum atomic E-state index is 0.249. The molecule has 0 aliphatic rings. The third-order valence-electron chi connectivity index (χ3n) is 3.48. The molecule has 0 aliphatic heterocycles. The molecule has 2 aromatic carbocycles. The van der Waals surface area contributed by atoms with Crippen molar-refractivity contribution < 1.29 is 4.79 Å². The maximum absolute atomic E-state index is 12.1. The monoisotopic (exact) mass is 278 g/mol. The quantitative estimate of drug-likeness (QED) is 0.365. The van der Waals surface area contributed by atoms with Crippen molar-refractivity contribution in [2.75, 3.05) is 0 Å². The second kappa shape index (κ2) is 8.21. The van der Waals surface area contributed by atoms with Crippen LogP contribution >= 0.6 is 0 Å². The van der Waals surface area contributed by atoms with Crippen LogP contribution in [0.15, 0.2) is 54.6 Å². The molecule has 0 radical (unpaired) electrons. The maximum atomic E-state index is 12.1. The normalized spacial score (nSPS) is 10.9. The first-order chi connectivity index (χ1) is 10.3. The van der Waals surface area contributed by atoms with Crippen molar-refractivity contribution in [3.8, 4) is 0 Å². The Labute approximate surface area is 127 Å². The summed E-state index contributed by atoms with van der Waals surface area (Å²) >= 11 is 0. The third-order valence-corrected chi connectivity index (χ3v) is 3.48. The number of hydrogen-bond donors (Lipinski definition) is 0. The third kappa shape index (κ3) is 5.03. The topological polar surface area (TPSA) is 17.1 Å². The van der Waals surface area contributed by atoms with Gasteiger partial charge in [0, 0.05) is 12.0 Å². The fourth-order valence-corrected chi connectivity index (χ4v) is 2.25. The lowest BCUT2D eigenvalue weighted by atomic mass is 10.0. The molecular formula is C20H22O. The molecule has 0 amide bonds. The van der Waals surface area contributed by atoms with Crippen molar-refractivity contribution in [3.05, 3.63) is 71.3 Å². The van der Waals surface area contributed by atoms with Crippen LogP contribution in [0, 0.1) is 0 Å². The van der Waals surface area contributed by atoms with E-state index in [2.05, 4.69) is 31.2 Å². The van der Waals surface area contributed by atoms with Crippen LogP contribution in [-0.2, 0) is 0 Å². The molecule has 2 rings (SSSR count). The van der Waals surface area contributed by atoms with E-state index in [1.165, 1.54) is 0 Å². The van der Waals surface area contributed by atoms with E-state index in [-0.39, 0.29) is 5.78 Å². The van der Waals surface area contributed by atoms with Gasteiger partial charge in [0.15, 0.2) is 5.78 Å². The summed E-state index contributed by atoms with van der Waals surface area (Å²) in [6.07, 6.45) is 8.03. The summed E-state index contributed by atoms with van der Waals surface area (Å²) in [5.41, 5.74) is 3.05. The van der Waals surface area contributed by atoms with E-state index < -0.39 is 0 Å². The zero-order valence-electron chi connectivity index (χ0n) is 12.6. The van der Waals surface area contributed by atoms with Crippen LogP contribution in [0.3, 0.4) is 0 Å². The highest BCUT2D eigenvalue weighted by Gasteiger charge is 2.05. The van der Waals surface area contributed by atoms with Crippen molar-refractivity contribution in [2.45, 2.75) is 32.6 Å². The molecule has 0 atom stereocenters. The molecule has 0 aliphatic carbocycles. The Morgan fingerprint density at radius 2 is 1.62 bits per heavy atom. The van der Waals surface area contributed by atoms with E-state index in [1.807, 2.05) is 42.5 Å². The van der Waals surface area contributed by atoms with Crippen molar-refractivity contribution in [1.29, 1.82) is 0 Å². The van der Waals surface area contributed by atoms with E-state index in [9.17, 15) is 4.79 Å². The van der Waals surface area contributed by atoms with Crippen LogP contribution in [0.25, 0.3) is 12.2 Å². The van der Waals surface area contributed by atoms with Crippen molar-refractivity contribution in [3.63, 3.8) is 0 Å². The Morgan fingerprint density at radius 3 is 2.38 bits per heavy atom. The predicted molar refractivity (Wildman–Crippen MR) is 90.3 cm³/mol. The smallest absolute Gasteiger partial charge is 0.162 e. The molecule has 0 heterocycles. The second-order valence-corrected chi connectivity index (χ2v) is 5.25. The Kier molecular flexibility index (Phi) is 5.96. The van der Waals surface area contributed by atoms with Gasteiger partial charge in [0.2, 0.25) is 0 Å². The summed E-state index contributed by atoms with van der Waals surface area (Å²) in [5.74, 6) is 0.249. The standard InChI is InChI=1S/C20H22O/c1-2-3-5-13-20(21)19-12-8-11-18(16-19)15-14-17-9-6-4-7-10-17/h4,6-12,14-16H,2-3,5,13H2,1H3. The highest BCUT2D eigenvalue weighted by Crippen LogP contribution is 2.13. The van der Waals surface area contributed by atoms with Gasteiger partial charge >= 0.3 is 0 Å². The number of ketones is 1. The van der Waals surface area contributed by atoms with Gasteiger partial charge < -0.3 is 0 Å². The van der Waals surface area contributed by atoms with Crippen molar-refractivity contribution >= 4 is 17.9 Å². The largest absolute Gasteiger partial charge is 0.294 e. The minimum Gasteiger partial charge on any atom is -0.294 e. The molecule has 21 heavy (non-hydrogen) atoms. The number of hydrogen-bond acceptors (Lipinski definition) is 1. The number of rotatable bonds is 7. The molecule has 2 aromatic rings. The molecule has 0 bridgehead atoms. The van der Waals surface area contributed by atoms with Gasteiger partial charge in [0.1, 0.15) is 0 Å². The SMILES string of the molecule is CCCCCC(=O)c1cccc(C=Cc2ccccc2)c1. The van der Waals surface area contributed by atoms with Gasteiger partial charge in [-0.3, -0.25) is 4.79 Å². The molecule has 0 saturated carbocycles. The number of carbonyl (C=O) groups excluding carboxylic acids is 1. The molecule has 0 aromatic heterocycles. The molecule has 0 spiro atoms. The van der Waals surface area contributed by atoms with Crippen LogP contribution in [0.4, 0.5) is 0 Å². The van der Waals surface area contributed by atoms with Gasteiger partial charge in [-0.05, 0) is 23.6 Å². The lowest BCUT2D eigenvalue weighted by Gasteiger charge is -2.02. The molecule has 108 valence electrons. The first-order valence-electron chi connectivity index (χ1n) is 7.66. The molecule has 0 N–H and O–H groups in total. The lowest BCUT2D eigenvalue weighted by Crippen LogP contribution is -1.98. The average molecular weight is 278 g/mol. The van der Waals surface area contributed by atoms with E-state index in [0.717, 1.165) is 36.0 Å². The highest BCUT2D eigenvalue weighted by atomic mass is 16.1. The molecule has 1 heteroatoms. The zero-order chi connectivity index (χ0) is 14.9. The Morgan fingerprint density at radius 1 is 0.905 bits per heavy atom. The minimum absolute atomic E-state index is 0.249. The van der Waals surface area contributed by atoms with Crippen LogP contribution in [0.5, 0.6) is 0 Å². The zero-order valence-corrected chi connectivity index (χ0v) is 12.6. The fraction of sp³-hybridized carbons (Fsp3) is 0.250. The van der Waals surface area contributed by atoms with Gasteiger partial charge in [-0.2, -0.15) is 0 Å². The molecule has 1 nitrogen and oxygen atoms in total. The number of unbranched alkanes of at least 4 members (excludes halogenated alkanes) is 2. The first kappa shape index (κ1) is 15.2. The van der Waals surface area contributed by atoms with Gasteiger partial charge in [-0.1, -0.05) is 80.4 Å². The van der Waals surface area contributed by atoms with Crippen LogP contribution in [0.2, 0.25) is 0 Å². The fourth-order valence-electron chi connectivity index (χ4n) is 2.25. The summed E-state index contributed by atoms with van der Waals surface area (Å²) in [5, 5.41) is 0. The van der Waals surface area contributed by atoms with Gasteiger partial charge in [0.25, 0.3) is 0 Å². The van der Waals surface area contributed by atoms with Crippen molar-refractivity contribution in [2.24, 2.45) is 0 Å². The summed E-state index contributed by atoms with van der Waals surface area (Å²) in [4.78, 5) is 12.1. The number of benzene rings is 2. The van der Waals surface area contributed by atoms with E-state index in [4.69, 9.17) is 0 Å². The van der Waals surface area contributed by atoms with E-state index in [1.54, 1.807) is 0 Å². The van der Waals surface area contributed by atoms with E-state index in [0.29, 0.717) is 6.42 Å². The van der Waals surface area contributed by atoms with Crippen LogP contribution < -0.4 is 0 Å². The first-order valence-corrected chi connectivity index (χ1v) is 7.66. The summed E-state index contributed by atoms with van der Waals surface area (Å²) in [7, 11) is 0. The van der Waals surface area contributed by atoms with Crippen LogP contribution in [-0.4, -0.2) is 5.78 Å². The van der Waals surface area contributed by atoms with Gasteiger partial charge in [-0.25, -0.2) is 0 Å². The Bertz CT molecular complexity index is 596. The molecule has 0 fully saturated rings. The maximum Gasteiger partial charge on any atom is 0.162 e. The highest BCUT2D eigenvalue weighted by molar-refractivity contribution is 5.96. The molecule has 0 unspecified atom stereocenters. The Hall–Kier alpha value is -2.15. The van der Waals surface area contributed by atoms with Crippen LogP contribution in [0.1, 0.15) is 54.1 Å². The Balaban J connectivity index is 2.04. The number of Topliss-reactive ketones (excluding diaryl/α,β-unsaturated/α-hetero) is 1. The molecular weight excluding hydrogens is 256 g/mol. The summed E-state index contributed by atoms with van der Waals surface area (Å²) < 4.78 is 0. The average Bonchev–Trinajstić information content (AvgIpc) is 2.54. The van der Waals surface area contributed by atoms with E-state index >= 15 is 0 Å². The summed E-state index contributed by atoms with van der Waals surface area (Å²) in [6.45, 7) is 2.15. The van der Waals surface area contributed by atoms with Gasteiger partial charge in [0.05, 0.1) is 0 Å². The predicted octanol–water partition coefficient (Wildman–Crippen LogP) is 5.62. The second-order valence-electron chi connectivity index (χ2n) is 5.25. The number of carbonyl (C=O) groups is 1. The summed E-state index contributed by atoms with van der Waals surface area (Å²) in [6, 6.07) is 18.1. The van der Waals surface area contributed by atoms with Crippen molar-refractivity contribution in [1.82, 2.24) is 0 Å². The lowest BCUT2D eigenvalue weighted by molar-refractivity contribution is 0.0979. The van der Waals surface area contributed by atoms with Gasteiger partial charge in [-0.15, -0.1) is 0 Å². The molecule has 0 saturated heterocycles.